The predicted octanol–water partition coefficient (Wildman–Crippen LogP) is 9.68. The Morgan fingerprint density at radius 1 is 0.661 bits per heavy atom. The summed E-state index contributed by atoms with van der Waals surface area (Å²) in [6.45, 7) is 10.5. The SMILES string of the molecule is Cc1cccc(CCN(C(=O)[C@](N)(c2ccccc2)N(CCc2ccccc2F)[C@H](C(=O)Nc2ccc(C)c(C)c2)c2ccccc2)c2ccc(C)c(C)c2)c1. The summed E-state index contributed by atoms with van der Waals surface area (Å²) in [6.07, 6.45) is 0.745. The highest BCUT2D eigenvalue weighted by Crippen LogP contribution is 2.37. The van der Waals surface area contributed by atoms with Crippen molar-refractivity contribution >= 4 is 23.2 Å². The number of rotatable bonds is 14. The van der Waals surface area contributed by atoms with Gasteiger partial charge in [0.1, 0.15) is 11.9 Å². The van der Waals surface area contributed by atoms with Crippen molar-refractivity contribution in [2.75, 3.05) is 23.3 Å². The average molecular weight is 747 g/mol. The first-order valence-electron chi connectivity index (χ1n) is 19.2. The monoisotopic (exact) mass is 746 g/mol. The lowest BCUT2D eigenvalue weighted by molar-refractivity contribution is -0.137. The van der Waals surface area contributed by atoms with Gasteiger partial charge in [-0.15, -0.1) is 0 Å². The summed E-state index contributed by atoms with van der Waals surface area (Å²) >= 11 is 0. The quantitative estimate of drug-likeness (QED) is 0.109. The molecule has 6 rings (SSSR count). The maximum absolute atomic E-state index is 15.9. The van der Waals surface area contributed by atoms with Crippen LogP contribution in [0.25, 0.3) is 0 Å². The van der Waals surface area contributed by atoms with Gasteiger partial charge in [0.2, 0.25) is 5.91 Å². The number of hydrogen-bond donors (Lipinski definition) is 2. The minimum Gasteiger partial charge on any atom is -0.324 e. The smallest absolute Gasteiger partial charge is 0.266 e. The number of carbonyl (C=O) groups excluding carboxylic acids is 2. The first-order valence-corrected chi connectivity index (χ1v) is 19.2. The number of halogens is 1. The summed E-state index contributed by atoms with van der Waals surface area (Å²) in [5.74, 6) is -1.15. The van der Waals surface area contributed by atoms with Crippen LogP contribution in [0.15, 0.2) is 146 Å². The predicted molar refractivity (Wildman–Crippen MR) is 226 cm³/mol. The molecule has 0 radical (unpaired) electrons. The number of nitrogens with zero attached hydrogens (tertiary/aromatic N) is 2. The van der Waals surface area contributed by atoms with Crippen LogP contribution in [-0.4, -0.2) is 29.8 Å². The van der Waals surface area contributed by atoms with E-state index in [4.69, 9.17) is 5.73 Å². The molecule has 0 fully saturated rings. The van der Waals surface area contributed by atoms with E-state index in [-0.39, 0.29) is 24.7 Å². The molecule has 0 bridgehead atoms. The number of amides is 2. The molecule has 0 aliphatic carbocycles. The number of nitrogens with two attached hydrogens (primary N) is 1. The van der Waals surface area contributed by atoms with Gasteiger partial charge in [0.15, 0.2) is 5.66 Å². The van der Waals surface area contributed by atoms with Crippen molar-refractivity contribution < 1.29 is 14.0 Å². The van der Waals surface area contributed by atoms with Crippen molar-refractivity contribution in [3.05, 3.63) is 201 Å². The van der Waals surface area contributed by atoms with E-state index < -0.39 is 17.6 Å². The molecule has 0 saturated carbocycles. The highest BCUT2D eigenvalue weighted by molar-refractivity contribution is 6.02. The highest BCUT2D eigenvalue weighted by Gasteiger charge is 2.49. The summed E-state index contributed by atoms with van der Waals surface area (Å²) < 4.78 is 15.4. The van der Waals surface area contributed by atoms with Crippen LogP contribution in [0.4, 0.5) is 15.8 Å². The molecule has 0 unspecified atom stereocenters. The Labute approximate surface area is 330 Å². The third kappa shape index (κ3) is 8.97. The van der Waals surface area contributed by atoms with Crippen molar-refractivity contribution in [1.82, 2.24) is 4.90 Å². The van der Waals surface area contributed by atoms with E-state index in [1.165, 1.54) is 6.07 Å². The van der Waals surface area contributed by atoms with Crippen molar-refractivity contribution in [2.45, 2.75) is 59.2 Å². The van der Waals surface area contributed by atoms with Crippen LogP contribution in [0.1, 0.15) is 56.1 Å². The van der Waals surface area contributed by atoms with Crippen LogP contribution in [0.2, 0.25) is 0 Å². The van der Waals surface area contributed by atoms with Gasteiger partial charge in [0.25, 0.3) is 5.91 Å². The number of aryl methyl sites for hydroxylation is 5. The van der Waals surface area contributed by atoms with Crippen LogP contribution in [-0.2, 0) is 28.1 Å². The Balaban J connectivity index is 1.55. The second-order valence-corrected chi connectivity index (χ2v) is 14.7. The molecular formula is C49H51FN4O2. The van der Waals surface area contributed by atoms with Gasteiger partial charge < -0.3 is 16.0 Å². The molecule has 0 aliphatic heterocycles. The Morgan fingerprint density at radius 2 is 1.30 bits per heavy atom. The van der Waals surface area contributed by atoms with Crippen LogP contribution >= 0.6 is 0 Å². The maximum atomic E-state index is 15.9. The molecular weight excluding hydrogens is 696 g/mol. The molecule has 6 aromatic rings. The van der Waals surface area contributed by atoms with Gasteiger partial charge in [-0.3, -0.25) is 14.5 Å². The van der Waals surface area contributed by atoms with E-state index >= 15 is 9.18 Å². The summed E-state index contributed by atoms with van der Waals surface area (Å²) in [4.78, 5) is 34.4. The molecule has 6 nitrogen and oxygen atoms in total. The van der Waals surface area contributed by atoms with Gasteiger partial charge >= 0.3 is 0 Å². The average Bonchev–Trinajstić information content (AvgIpc) is 3.20. The summed E-state index contributed by atoms with van der Waals surface area (Å²) in [6, 6.07) is 44.1. The fourth-order valence-corrected chi connectivity index (χ4v) is 7.25. The molecule has 2 atom stereocenters. The fourth-order valence-electron chi connectivity index (χ4n) is 7.25. The number of carbonyl (C=O) groups is 2. The van der Waals surface area contributed by atoms with Gasteiger partial charge in [0.05, 0.1) is 0 Å². The topological polar surface area (TPSA) is 78.7 Å². The van der Waals surface area contributed by atoms with Crippen LogP contribution < -0.4 is 16.0 Å². The molecule has 0 spiro atoms. The molecule has 56 heavy (non-hydrogen) atoms. The van der Waals surface area contributed by atoms with E-state index in [9.17, 15) is 4.79 Å². The van der Waals surface area contributed by atoms with E-state index in [1.54, 1.807) is 28.0 Å². The lowest BCUT2D eigenvalue weighted by atomic mass is 9.90. The van der Waals surface area contributed by atoms with Crippen molar-refractivity contribution in [1.29, 1.82) is 0 Å². The largest absolute Gasteiger partial charge is 0.324 e. The van der Waals surface area contributed by atoms with Crippen molar-refractivity contribution in [3.63, 3.8) is 0 Å². The molecule has 0 aliphatic rings. The molecule has 7 heteroatoms. The molecule has 0 heterocycles. The van der Waals surface area contributed by atoms with E-state index in [2.05, 4.69) is 30.4 Å². The van der Waals surface area contributed by atoms with E-state index in [0.717, 1.165) is 33.4 Å². The Bertz CT molecular complexity index is 2290. The molecule has 0 saturated heterocycles. The zero-order chi connectivity index (χ0) is 39.8. The Hall–Kier alpha value is -5.89. The van der Waals surface area contributed by atoms with Crippen molar-refractivity contribution in [3.8, 4) is 0 Å². The second-order valence-electron chi connectivity index (χ2n) is 14.7. The van der Waals surface area contributed by atoms with Gasteiger partial charge in [-0.1, -0.05) is 121 Å². The zero-order valence-corrected chi connectivity index (χ0v) is 32.9. The third-order valence-corrected chi connectivity index (χ3v) is 10.8. The molecule has 3 N–H and O–H groups in total. The number of hydrogen-bond acceptors (Lipinski definition) is 4. The first kappa shape index (κ1) is 39.8. The minimum atomic E-state index is -1.92. The van der Waals surface area contributed by atoms with E-state index in [0.29, 0.717) is 41.0 Å². The first-order chi connectivity index (χ1) is 26.9. The highest BCUT2D eigenvalue weighted by atomic mass is 19.1. The molecule has 2 amide bonds. The summed E-state index contributed by atoms with van der Waals surface area (Å²) in [7, 11) is 0. The zero-order valence-electron chi connectivity index (χ0n) is 32.9. The lowest BCUT2D eigenvalue weighted by Gasteiger charge is -2.46. The summed E-state index contributed by atoms with van der Waals surface area (Å²) in [5.41, 5.74) is 15.2. The standard InChI is InChI=1S/C49H51FN4O2/c1-34-15-14-16-39(31-34)27-29-53(44-26-24-36(3)38(5)33-44)48(56)49(51,42-20-10-7-11-21-42)54(30-28-40-17-12-13-22-45(40)50)46(41-18-8-6-9-19-41)47(55)52-43-25-23-35(2)37(4)32-43/h6-26,31-33,46H,27-30,51H2,1-5H3,(H,52,55)/t46-,49-/m0/s1. The Kier molecular flexibility index (Phi) is 12.6. The fraction of sp³-hybridized carbons (Fsp3) is 0.224. The van der Waals surface area contributed by atoms with Gasteiger partial charge in [-0.05, 0) is 122 Å². The van der Waals surface area contributed by atoms with Crippen LogP contribution in [0.5, 0.6) is 0 Å². The normalized spacial score (nSPS) is 12.9. The van der Waals surface area contributed by atoms with Crippen LogP contribution in [0.3, 0.4) is 0 Å². The number of nitrogens with one attached hydrogen (secondary N) is 1. The van der Waals surface area contributed by atoms with Gasteiger partial charge in [0, 0.05) is 24.5 Å². The number of benzene rings is 6. The minimum absolute atomic E-state index is 0.0661. The number of anilines is 2. The maximum Gasteiger partial charge on any atom is 0.266 e. The van der Waals surface area contributed by atoms with Gasteiger partial charge in [-0.25, -0.2) is 4.39 Å². The second kappa shape index (κ2) is 17.7. The molecule has 286 valence electrons. The molecule has 0 aromatic heterocycles. The molecule has 6 aromatic carbocycles. The van der Waals surface area contributed by atoms with E-state index in [1.807, 2.05) is 131 Å². The third-order valence-electron chi connectivity index (χ3n) is 10.8. The van der Waals surface area contributed by atoms with Crippen molar-refractivity contribution in [2.24, 2.45) is 5.73 Å². The lowest BCUT2D eigenvalue weighted by Crippen LogP contribution is -2.65. The van der Waals surface area contributed by atoms with Gasteiger partial charge in [-0.2, -0.15) is 0 Å². The van der Waals surface area contributed by atoms with Crippen LogP contribution in [0, 0.1) is 40.4 Å². The Morgan fingerprint density at radius 3 is 1.96 bits per heavy atom. The summed E-state index contributed by atoms with van der Waals surface area (Å²) in [5, 5.41) is 3.15.